The standard InChI is InChI=1S/C14H17FN4O3S3/c1-3-8-23-14-18-17-13(24-14)16-12(20)9-19(25(2,21)22)11-7-5-4-6-10(11)15/h4-7H,3,8-9H2,1-2H3,(H,16,17,20). The van der Waals surface area contributed by atoms with Gasteiger partial charge in [-0.15, -0.1) is 10.2 Å². The summed E-state index contributed by atoms with van der Waals surface area (Å²) in [5, 5.41) is 10.5. The number of amides is 1. The molecule has 0 saturated carbocycles. The molecule has 0 radical (unpaired) electrons. The molecule has 0 bridgehead atoms. The largest absolute Gasteiger partial charge is 0.299 e. The van der Waals surface area contributed by atoms with E-state index in [0.29, 0.717) is 8.64 Å². The van der Waals surface area contributed by atoms with Crippen molar-refractivity contribution in [3.05, 3.63) is 30.1 Å². The second-order valence-electron chi connectivity index (χ2n) is 4.99. The van der Waals surface area contributed by atoms with Crippen molar-refractivity contribution < 1.29 is 17.6 Å². The predicted molar refractivity (Wildman–Crippen MR) is 98.1 cm³/mol. The van der Waals surface area contributed by atoms with E-state index in [2.05, 4.69) is 15.5 Å². The van der Waals surface area contributed by atoms with Crippen LogP contribution in [0.2, 0.25) is 0 Å². The van der Waals surface area contributed by atoms with Gasteiger partial charge in [0.1, 0.15) is 12.4 Å². The Kier molecular flexibility index (Phi) is 6.73. The summed E-state index contributed by atoms with van der Waals surface area (Å²) in [5.41, 5.74) is -0.184. The minimum Gasteiger partial charge on any atom is -0.299 e. The molecule has 0 spiro atoms. The lowest BCUT2D eigenvalue weighted by Crippen LogP contribution is -2.38. The van der Waals surface area contributed by atoms with Gasteiger partial charge in [-0.1, -0.05) is 42.2 Å². The lowest BCUT2D eigenvalue weighted by atomic mass is 10.3. The topological polar surface area (TPSA) is 92.3 Å². The molecule has 136 valence electrons. The molecule has 0 unspecified atom stereocenters. The molecule has 1 aromatic heterocycles. The van der Waals surface area contributed by atoms with Crippen molar-refractivity contribution in [3.8, 4) is 0 Å². The molecule has 1 heterocycles. The molecule has 1 amide bonds. The lowest BCUT2D eigenvalue weighted by molar-refractivity contribution is -0.114. The van der Waals surface area contributed by atoms with Crippen LogP contribution in [0.3, 0.4) is 0 Å². The monoisotopic (exact) mass is 404 g/mol. The zero-order valence-electron chi connectivity index (χ0n) is 13.6. The molecular formula is C14H17FN4O3S3. The SMILES string of the molecule is CCCSc1nnc(NC(=O)CN(c2ccccc2F)S(C)(=O)=O)s1. The van der Waals surface area contributed by atoms with E-state index >= 15 is 0 Å². The van der Waals surface area contributed by atoms with Gasteiger partial charge in [0, 0.05) is 5.75 Å². The van der Waals surface area contributed by atoms with Crippen LogP contribution >= 0.6 is 23.1 Å². The van der Waals surface area contributed by atoms with Gasteiger partial charge in [0.25, 0.3) is 0 Å². The minimum absolute atomic E-state index is 0.184. The van der Waals surface area contributed by atoms with Crippen molar-refractivity contribution in [1.29, 1.82) is 0 Å². The molecular weight excluding hydrogens is 387 g/mol. The average Bonchev–Trinajstić information content (AvgIpc) is 2.98. The Hall–Kier alpha value is -1.72. The quantitative estimate of drug-likeness (QED) is 0.537. The fourth-order valence-corrected chi connectivity index (χ4v) is 4.38. The molecule has 1 N–H and O–H groups in total. The van der Waals surface area contributed by atoms with Crippen molar-refractivity contribution in [1.82, 2.24) is 10.2 Å². The summed E-state index contributed by atoms with van der Waals surface area (Å²) in [6, 6.07) is 5.37. The summed E-state index contributed by atoms with van der Waals surface area (Å²) >= 11 is 2.72. The van der Waals surface area contributed by atoms with E-state index in [4.69, 9.17) is 0 Å². The number of hydrogen-bond acceptors (Lipinski definition) is 7. The predicted octanol–water partition coefficient (Wildman–Crippen LogP) is 2.58. The lowest BCUT2D eigenvalue weighted by Gasteiger charge is -2.21. The van der Waals surface area contributed by atoms with E-state index in [1.54, 1.807) is 0 Å². The highest BCUT2D eigenvalue weighted by Gasteiger charge is 2.24. The summed E-state index contributed by atoms with van der Waals surface area (Å²) < 4.78 is 39.2. The molecule has 2 aromatic rings. The number of para-hydroxylation sites is 1. The van der Waals surface area contributed by atoms with Crippen LogP contribution in [0.25, 0.3) is 0 Å². The van der Waals surface area contributed by atoms with Gasteiger partial charge >= 0.3 is 0 Å². The van der Waals surface area contributed by atoms with Crippen LogP contribution in [0, 0.1) is 5.82 Å². The number of nitrogens with zero attached hydrogens (tertiary/aromatic N) is 3. The second-order valence-corrected chi connectivity index (χ2v) is 9.22. The van der Waals surface area contributed by atoms with Crippen molar-refractivity contribution >= 4 is 49.8 Å². The number of hydrogen-bond donors (Lipinski definition) is 1. The number of carbonyl (C=O) groups is 1. The third kappa shape index (κ3) is 5.65. The van der Waals surface area contributed by atoms with Crippen LogP contribution in [-0.2, 0) is 14.8 Å². The molecule has 0 fully saturated rings. The highest BCUT2D eigenvalue weighted by Crippen LogP contribution is 2.26. The fraction of sp³-hybridized carbons (Fsp3) is 0.357. The molecule has 7 nitrogen and oxygen atoms in total. The van der Waals surface area contributed by atoms with E-state index < -0.39 is 28.3 Å². The van der Waals surface area contributed by atoms with Crippen molar-refractivity contribution in [2.24, 2.45) is 0 Å². The number of sulfonamides is 1. The summed E-state index contributed by atoms with van der Waals surface area (Å²) in [5.74, 6) is -0.468. The molecule has 2 rings (SSSR count). The van der Waals surface area contributed by atoms with Crippen LogP contribution in [0.15, 0.2) is 28.6 Å². The van der Waals surface area contributed by atoms with Crippen molar-refractivity contribution in [3.63, 3.8) is 0 Å². The Morgan fingerprint density at radius 1 is 1.36 bits per heavy atom. The number of benzene rings is 1. The maximum Gasteiger partial charge on any atom is 0.246 e. The van der Waals surface area contributed by atoms with E-state index in [1.165, 1.54) is 41.3 Å². The number of aromatic nitrogens is 2. The van der Waals surface area contributed by atoms with Gasteiger partial charge in [0.05, 0.1) is 11.9 Å². The Bertz CT molecular complexity index is 841. The van der Waals surface area contributed by atoms with Gasteiger partial charge < -0.3 is 0 Å². The molecule has 1 aromatic carbocycles. The maximum absolute atomic E-state index is 13.9. The van der Waals surface area contributed by atoms with Crippen molar-refractivity contribution in [2.45, 2.75) is 17.7 Å². The third-order valence-electron chi connectivity index (χ3n) is 2.89. The molecule has 0 atom stereocenters. The number of rotatable bonds is 8. The number of thioether (sulfide) groups is 1. The molecule has 0 aliphatic rings. The van der Waals surface area contributed by atoms with Crippen LogP contribution in [-0.4, -0.2) is 43.1 Å². The van der Waals surface area contributed by atoms with Gasteiger partial charge in [0.15, 0.2) is 4.34 Å². The van der Waals surface area contributed by atoms with Gasteiger partial charge in [-0.2, -0.15) is 0 Å². The first-order valence-electron chi connectivity index (χ1n) is 7.29. The van der Waals surface area contributed by atoms with E-state index in [-0.39, 0.29) is 10.8 Å². The first-order valence-corrected chi connectivity index (χ1v) is 10.9. The highest BCUT2D eigenvalue weighted by molar-refractivity contribution is 8.01. The summed E-state index contributed by atoms with van der Waals surface area (Å²) in [6.07, 6.45) is 1.90. The smallest absolute Gasteiger partial charge is 0.246 e. The normalized spacial score (nSPS) is 11.3. The summed E-state index contributed by atoms with van der Waals surface area (Å²) in [4.78, 5) is 12.2. The average molecular weight is 405 g/mol. The van der Waals surface area contributed by atoms with E-state index in [1.807, 2.05) is 6.92 Å². The van der Waals surface area contributed by atoms with E-state index in [0.717, 1.165) is 24.5 Å². The Morgan fingerprint density at radius 2 is 2.08 bits per heavy atom. The first kappa shape index (κ1) is 19.6. The summed E-state index contributed by atoms with van der Waals surface area (Å²) in [6.45, 7) is 1.48. The van der Waals surface area contributed by atoms with Gasteiger partial charge in [0.2, 0.25) is 21.1 Å². The van der Waals surface area contributed by atoms with E-state index in [9.17, 15) is 17.6 Å². The Balaban J connectivity index is 2.10. The first-order chi connectivity index (χ1) is 11.8. The van der Waals surface area contributed by atoms with Crippen molar-refractivity contribution in [2.75, 3.05) is 28.2 Å². The fourth-order valence-electron chi connectivity index (χ4n) is 1.83. The number of halogens is 1. The number of nitrogens with one attached hydrogen (secondary N) is 1. The zero-order valence-corrected chi connectivity index (χ0v) is 16.0. The zero-order chi connectivity index (χ0) is 18.4. The van der Waals surface area contributed by atoms with Gasteiger partial charge in [-0.25, -0.2) is 12.8 Å². The summed E-state index contributed by atoms with van der Waals surface area (Å²) in [7, 11) is -3.84. The van der Waals surface area contributed by atoms with Crippen LogP contribution in [0.4, 0.5) is 15.2 Å². The molecule has 25 heavy (non-hydrogen) atoms. The minimum atomic E-state index is -3.84. The third-order valence-corrected chi connectivity index (χ3v) is 6.20. The maximum atomic E-state index is 13.9. The number of carbonyl (C=O) groups excluding carboxylic acids is 1. The number of anilines is 2. The molecule has 11 heteroatoms. The Labute approximate surface area is 153 Å². The Morgan fingerprint density at radius 3 is 2.72 bits per heavy atom. The van der Waals surface area contributed by atoms with Crippen LogP contribution in [0.5, 0.6) is 0 Å². The molecule has 0 aliphatic heterocycles. The highest BCUT2D eigenvalue weighted by atomic mass is 32.2. The van der Waals surface area contributed by atoms with Crippen LogP contribution < -0.4 is 9.62 Å². The second kappa shape index (κ2) is 8.59. The molecule has 0 saturated heterocycles. The van der Waals surface area contributed by atoms with Crippen LogP contribution in [0.1, 0.15) is 13.3 Å². The van der Waals surface area contributed by atoms with Gasteiger partial charge in [-0.3, -0.25) is 14.4 Å². The molecule has 0 aliphatic carbocycles. The van der Waals surface area contributed by atoms with Gasteiger partial charge in [-0.05, 0) is 18.6 Å².